The van der Waals surface area contributed by atoms with E-state index in [1.807, 2.05) is 54.7 Å². The Hall–Kier alpha value is -2.50. The van der Waals surface area contributed by atoms with E-state index in [4.69, 9.17) is 5.73 Å². The maximum atomic E-state index is 6.07. The molecule has 0 unspecified atom stereocenters. The van der Waals surface area contributed by atoms with E-state index in [1.54, 1.807) is 4.52 Å². The lowest BCUT2D eigenvalue weighted by atomic mass is 10.3. The summed E-state index contributed by atoms with van der Waals surface area (Å²) in [6.07, 6.45) is 7.98. The van der Waals surface area contributed by atoms with Crippen LogP contribution in [0.15, 0.2) is 43.1 Å². The Labute approximate surface area is 111 Å². The highest BCUT2D eigenvalue weighted by Gasteiger charge is 2.08. The number of fused-ring (bicyclic) bond motifs is 1. The molecule has 0 fully saturated rings. The van der Waals surface area contributed by atoms with Crippen molar-refractivity contribution in [3.63, 3.8) is 0 Å². The van der Waals surface area contributed by atoms with Gasteiger partial charge in [0.25, 0.3) is 0 Å². The molecule has 3 N–H and O–H groups in total. The predicted molar refractivity (Wildman–Crippen MR) is 73.7 cm³/mol. The SMILES string of the molecule is C[n+]1ccn(CCNc2nn3ccccc3c2N)c1. The number of aryl methyl sites for hydroxylation is 1. The average Bonchev–Trinajstić information content (AvgIpc) is 2.96. The molecule has 3 aromatic heterocycles. The molecule has 0 atom stereocenters. The zero-order valence-electron chi connectivity index (χ0n) is 10.8. The van der Waals surface area contributed by atoms with Gasteiger partial charge in [0.15, 0.2) is 5.82 Å². The molecular weight excluding hydrogens is 240 g/mol. The minimum atomic E-state index is 0.693. The van der Waals surface area contributed by atoms with Crippen molar-refractivity contribution < 1.29 is 4.57 Å². The van der Waals surface area contributed by atoms with Crippen molar-refractivity contribution >= 4 is 17.0 Å². The summed E-state index contributed by atoms with van der Waals surface area (Å²) in [5, 5.41) is 7.69. The maximum Gasteiger partial charge on any atom is 0.243 e. The third-order valence-corrected chi connectivity index (χ3v) is 3.06. The van der Waals surface area contributed by atoms with Crippen molar-refractivity contribution in [3.8, 4) is 0 Å². The summed E-state index contributed by atoms with van der Waals surface area (Å²) in [5.74, 6) is 0.739. The van der Waals surface area contributed by atoms with Gasteiger partial charge in [0, 0.05) is 6.20 Å². The Morgan fingerprint density at radius 3 is 3.00 bits per heavy atom. The van der Waals surface area contributed by atoms with Crippen LogP contribution in [0, 0.1) is 0 Å². The number of anilines is 2. The van der Waals surface area contributed by atoms with Crippen LogP contribution >= 0.6 is 0 Å². The van der Waals surface area contributed by atoms with Gasteiger partial charge in [0.2, 0.25) is 6.33 Å². The normalized spacial score (nSPS) is 11.0. The fourth-order valence-corrected chi connectivity index (χ4v) is 2.09. The minimum Gasteiger partial charge on any atom is -0.394 e. The second kappa shape index (κ2) is 4.64. The summed E-state index contributed by atoms with van der Waals surface area (Å²) in [5.41, 5.74) is 7.69. The highest BCUT2D eigenvalue weighted by molar-refractivity contribution is 5.80. The fourth-order valence-electron chi connectivity index (χ4n) is 2.09. The summed E-state index contributed by atoms with van der Waals surface area (Å²) in [7, 11) is 2.00. The van der Waals surface area contributed by atoms with Gasteiger partial charge in [-0.1, -0.05) is 6.07 Å². The molecule has 0 aliphatic heterocycles. The molecule has 0 aliphatic rings. The molecule has 3 rings (SSSR count). The summed E-state index contributed by atoms with van der Waals surface area (Å²) in [6.45, 7) is 1.65. The molecule has 3 heterocycles. The molecule has 0 saturated heterocycles. The quantitative estimate of drug-likeness (QED) is 0.675. The van der Waals surface area contributed by atoms with E-state index < -0.39 is 0 Å². The van der Waals surface area contributed by atoms with E-state index in [9.17, 15) is 0 Å². The lowest BCUT2D eigenvalue weighted by molar-refractivity contribution is -0.671. The molecule has 0 spiro atoms. The number of nitrogens with one attached hydrogen (secondary N) is 1. The zero-order valence-corrected chi connectivity index (χ0v) is 10.8. The van der Waals surface area contributed by atoms with Crippen LogP contribution in [-0.4, -0.2) is 20.7 Å². The number of rotatable bonds is 4. The third-order valence-electron chi connectivity index (χ3n) is 3.06. The monoisotopic (exact) mass is 257 g/mol. The van der Waals surface area contributed by atoms with E-state index in [0.717, 1.165) is 24.4 Å². The number of hydrogen-bond donors (Lipinski definition) is 2. The molecule has 6 nitrogen and oxygen atoms in total. The first-order valence-corrected chi connectivity index (χ1v) is 6.22. The van der Waals surface area contributed by atoms with Gasteiger partial charge < -0.3 is 11.1 Å². The van der Waals surface area contributed by atoms with Crippen LogP contribution < -0.4 is 15.6 Å². The Morgan fingerprint density at radius 2 is 2.26 bits per heavy atom. The summed E-state index contributed by atoms with van der Waals surface area (Å²) in [6, 6.07) is 5.85. The van der Waals surface area contributed by atoms with E-state index in [-0.39, 0.29) is 0 Å². The van der Waals surface area contributed by atoms with Crippen LogP contribution in [0.1, 0.15) is 0 Å². The van der Waals surface area contributed by atoms with E-state index in [1.165, 1.54) is 0 Å². The standard InChI is InChI=1S/C13H17N6/c1-17-8-9-18(10-17)7-5-15-13-12(14)11-4-2-3-6-19(11)16-13/h2-4,6,8-10H,5,7,14H2,1H3,(H,15,16)/q+1. The highest BCUT2D eigenvalue weighted by atomic mass is 15.3. The van der Waals surface area contributed by atoms with Gasteiger partial charge in [-0.2, -0.15) is 0 Å². The van der Waals surface area contributed by atoms with E-state index >= 15 is 0 Å². The largest absolute Gasteiger partial charge is 0.394 e. The van der Waals surface area contributed by atoms with Crippen molar-refractivity contribution in [2.75, 3.05) is 17.6 Å². The average molecular weight is 257 g/mol. The van der Waals surface area contributed by atoms with Gasteiger partial charge in [-0.3, -0.25) is 0 Å². The number of nitrogens with zero attached hydrogens (tertiary/aromatic N) is 4. The minimum absolute atomic E-state index is 0.693. The number of aromatic nitrogens is 4. The van der Waals surface area contributed by atoms with E-state index in [2.05, 4.69) is 15.0 Å². The molecule has 0 saturated carbocycles. The number of hydrogen-bond acceptors (Lipinski definition) is 3. The van der Waals surface area contributed by atoms with Crippen LogP contribution in [0.3, 0.4) is 0 Å². The summed E-state index contributed by atoms with van der Waals surface area (Å²) in [4.78, 5) is 0. The molecule has 98 valence electrons. The first kappa shape index (κ1) is 11.6. The second-order valence-corrected chi connectivity index (χ2v) is 4.54. The van der Waals surface area contributed by atoms with Crippen LogP contribution in [-0.2, 0) is 13.6 Å². The van der Waals surface area contributed by atoms with Crippen molar-refractivity contribution in [2.24, 2.45) is 7.05 Å². The number of nitrogen functional groups attached to an aromatic ring is 1. The fraction of sp³-hybridized carbons (Fsp3) is 0.231. The lowest BCUT2D eigenvalue weighted by Crippen LogP contribution is -2.24. The van der Waals surface area contributed by atoms with Gasteiger partial charge in [-0.25, -0.2) is 13.6 Å². The topological polar surface area (TPSA) is 64.2 Å². The third kappa shape index (κ3) is 2.24. The van der Waals surface area contributed by atoms with E-state index in [0.29, 0.717) is 5.69 Å². The molecule has 0 aliphatic carbocycles. The lowest BCUT2D eigenvalue weighted by Gasteiger charge is -2.01. The highest BCUT2D eigenvalue weighted by Crippen LogP contribution is 2.22. The number of imidazole rings is 1. The second-order valence-electron chi connectivity index (χ2n) is 4.54. The smallest absolute Gasteiger partial charge is 0.243 e. The van der Waals surface area contributed by atoms with Gasteiger partial charge in [0.05, 0.1) is 19.1 Å². The predicted octanol–water partition coefficient (Wildman–Crippen LogP) is 0.655. The van der Waals surface area contributed by atoms with Crippen LogP contribution in [0.2, 0.25) is 0 Å². The first-order valence-electron chi connectivity index (χ1n) is 6.22. The molecule has 19 heavy (non-hydrogen) atoms. The molecule has 0 bridgehead atoms. The summed E-state index contributed by atoms with van der Waals surface area (Å²) >= 11 is 0. The number of nitrogens with two attached hydrogens (primary N) is 1. The molecule has 3 aromatic rings. The van der Waals surface area contributed by atoms with Crippen molar-refractivity contribution in [3.05, 3.63) is 43.1 Å². The Morgan fingerprint density at radius 1 is 1.37 bits per heavy atom. The zero-order chi connectivity index (χ0) is 13.2. The van der Waals surface area contributed by atoms with Crippen LogP contribution in [0.4, 0.5) is 11.5 Å². The molecule has 0 radical (unpaired) electrons. The van der Waals surface area contributed by atoms with Gasteiger partial charge in [-0.05, 0) is 12.1 Å². The Bertz CT molecular complexity index is 696. The van der Waals surface area contributed by atoms with Crippen molar-refractivity contribution in [1.82, 2.24) is 14.2 Å². The first-order chi connectivity index (χ1) is 9.24. The molecule has 0 amide bonds. The van der Waals surface area contributed by atoms with Crippen molar-refractivity contribution in [1.29, 1.82) is 0 Å². The Kier molecular flexibility index (Phi) is 2.83. The van der Waals surface area contributed by atoms with Crippen LogP contribution in [0.5, 0.6) is 0 Å². The van der Waals surface area contributed by atoms with Crippen LogP contribution in [0.25, 0.3) is 5.52 Å². The molecule has 6 heteroatoms. The number of pyridine rings is 1. The van der Waals surface area contributed by atoms with Gasteiger partial charge in [-0.15, -0.1) is 5.10 Å². The van der Waals surface area contributed by atoms with Gasteiger partial charge in [0.1, 0.15) is 24.6 Å². The van der Waals surface area contributed by atoms with Gasteiger partial charge >= 0.3 is 0 Å². The maximum absolute atomic E-state index is 6.07. The van der Waals surface area contributed by atoms with Crippen molar-refractivity contribution in [2.45, 2.75) is 6.54 Å². The summed E-state index contributed by atoms with van der Waals surface area (Å²) < 4.78 is 5.91. The Balaban J connectivity index is 1.70. The molecule has 0 aromatic carbocycles. The molecular formula is C13H17N6+.